The summed E-state index contributed by atoms with van der Waals surface area (Å²) in [6.45, 7) is 2.88. The fourth-order valence-corrected chi connectivity index (χ4v) is 3.89. The maximum atomic E-state index is 5.73. The molecule has 0 saturated heterocycles. The lowest BCUT2D eigenvalue weighted by Crippen LogP contribution is -2.04. The Balaban J connectivity index is 1.75. The minimum atomic E-state index is 0.758. The van der Waals surface area contributed by atoms with E-state index in [9.17, 15) is 0 Å². The van der Waals surface area contributed by atoms with Crippen molar-refractivity contribution in [1.82, 2.24) is 0 Å². The minimum Gasteiger partial charge on any atom is -0.492 e. The van der Waals surface area contributed by atoms with Gasteiger partial charge in [0.2, 0.25) is 0 Å². The van der Waals surface area contributed by atoms with Crippen molar-refractivity contribution in [2.45, 2.75) is 51.4 Å². The van der Waals surface area contributed by atoms with Crippen molar-refractivity contribution < 1.29 is 4.74 Å². The number of hydrogen-bond donors (Lipinski definition) is 0. The van der Waals surface area contributed by atoms with Gasteiger partial charge in [0.15, 0.2) is 0 Å². The Morgan fingerprint density at radius 3 is 2.30 bits per heavy atom. The van der Waals surface area contributed by atoms with Gasteiger partial charge in [-0.2, -0.15) is 0 Å². The third kappa shape index (κ3) is 4.17. The smallest absolute Gasteiger partial charge is 0.133 e. The van der Waals surface area contributed by atoms with Gasteiger partial charge in [0, 0.05) is 0 Å². The topological polar surface area (TPSA) is 9.23 Å². The predicted molar refractivity (Wildman–Crippen MR) is 101 cm³/mol. The highest BCUT2D eigenvalue weighted by Crippen LogP contribution is 2.35. The highest BCUT2D eigenvalue weighted by atomic mass is 79.9. The minimum absolute atomic E-state index is 0.758. The number of rotatable bonds is 5. The van der Waals surface area contributed by atoms with Gasteiger partial charge in [-0.1, -0.05) is 56.5 Å². The average molecular weight is 373 g/mol. The Morgan fingerprint density at radius 2 is 1.65 bits per heavy atom. The van der Waals surface area contributed by atoms with Crippen LogP contribution in [0.2, 0.25) is 0 Å². The second kappa shape index (κ2) is 8.01. The van der Waals surface area contributed by atoms with Crippen molar-refractivity contribution >= 4 is 15.9 Å². The number of ether oxygens (including phenoxy) is 1. The van der Waals surface area contributed by atoms with Crippen LogP contribution in [0.1, 0.15) is 56.9 Å². The van der Waals surface area contributed by atoms with Gasteiger partial charge in [-0.3, -0.25) is 0 Å². The zero-order valence-electron chi connectivity index (χ0n) is 13.9. The molecule has 0 radical (unpaired) electrons. The Bertz CT molecular complexity index is 627. The highest BCUT2D eigenvalue weighted by molar-refractivity contribution is 9.10. The van der Waals surface area contributed by atoms with Crippen LogP contribution in [-0.4, -0.2) is 6.61 Å². The SMILES string of the molecule is CCCOc1ccc(-c2ccc(C3CCCCC3)cc2)cc1Br. The molecular formula is C21H25BrO. The summed E-state index contributed by atoms with van der Waals surface area (Å²) in [5.41, 5.74) is 4.01. The average Bonchev–Trinajstić information content (AvgIpc) is 2.61. The quantitative estimate of drug-likeness (QED) is 0.551. The van der Waals surface area contributed by atoms with E-state index in [4.69, 9.17) is 4.74 Å². The van der Waals surface area contributed by atoms with Gasteiger partial charge in [-0.05, 0) is 69.9 Å². The molecule has 1 aliphatic carbocycles. The molecule has 0 spiro atoms. The van der Waals surface area contributed by atoms with Gasteiger partial charge in [0.1, 0.15) is 5.75 Å². The maximum absolute atomic E-state index is 5.73. The lowest BCUT2D eigenvalue weighted by molar-refractivity contribution is 0.315. The van der Waals surface area contributed by atoms with Crippen molar-refractivity contribution in [1.29, 1.82) is 0 Å². The largest absolute Gasteiger partial charge is 0.492 e. The third-order valence-electron chi connectivity index (χ3n) is 4.71. The zero-order valence-corrected chi connectivity index (χ0v) is 15.4. The summed E-state index contributed by atoms with van der Waals surface area (Å²) >= 11 is 3.63. The molecular weight excluding hydrogens is 348 g/mol. The number of halogens is 1. The van der Waals surface area contributed by atoms with Gasteiger partial charge < -0.3 is 4.74 Å². The van der Waals surface area contributed by atoms with Crippen LogP contribution in [-0.2, 0) is 0 Å². The summed E-state index contributed by atoms with van der Waals surface area (Å²) in [6.07, 6.45) is 7.92. The van der Waals surface area contributed by atoms with Gasteiger partial charge in [-0.15, -0.1) is 0 Å². The van der Waals surface area contributed by atoms with Gasteiger partial charge in [-0.25, -0.2) is 0 Å². The molecule has 0 heterocycles. The third-order valence-corrected chi connectivity index (χ3v) is 5.33. The van der Waals surface area contributed by atoms with Gasteiger partial charge >= 0.3 is 0 Å². The van der Waals surface area contributed by atoms with E-state index in [0.29, 0.717) is 0 Å². The molecule has 0 amide bonds. The first-order valence-electron chi connectivity index (χ1n) is 8.80. The lowest BCUT2D eigenvalue weighted by Gasteiger charge is -2.22. The van der Waals surface area contributed by atoms with Crippen LogP contribution >= 0.6 is 15.9 Å². The molecule has 0 aliphatic heterocycles. The Kier molecular flexibility index (Phi) is 5.77. The number of hydrogen-bond acceptors (Lipinski definition) is 1. The van der Waals surface area contributed by atoms with E-state index in [0.717, 1.165) is 29.2 Å². The van der Waals surface area contributed by atoms with E-state index in [1.165, 1.54) is 48.8 Å². The summed E-state index contributed by atoms with van der Waals surface area (Å²) in [5.74, 6) is 1.70. The van der Waals surface area contributed by atoms with Crippen molar-refractivity contribution in [3.63, 3.8) is 0 Å². The molecule has 0 atom stereocenters. The normalized spacial score (nSPS) is 15.6. The molecule has 122 valence electrons. The fraction of sp³-hybridized carbons (Fsp3) is 0.429. The second-order valence-corrected chi connectivity index (χ2v) is 7.30. The van der Waals surface area contributed by atoms with Crippen LogP contribution in [0, 0.1) is 0 Å². The lowest BCUT2D eigenvalue weighted by atomic mass is 9.84. The van der Waals surface area contributed by atoms with Crippen molar-refractivity contribution in [2.24, 2.45) is 0 Å². The monoisotopic (exact) mass is 372 g/mol. The molecule has 2 heteroatoms. The predicted octanol–water partition coefficient (Wildman–Crippen LogP) is 6.95. The van der Waals surface area contributed by atoms with E-state index < -0.39 is 0 Å². The van der Waals surface area contributed by atoms with Crippen LogP contribution in [0.3, 0.4) is 0 Å². The fourth-order valence-electron chi connectivity index (χ4n) is 3.39. The molecule has 0 unspecified atom stereocenters. The molecule has 0 bridgehead atoms. The second-order valence-electron chi connectivity index (χ2n) is 6.45. The van der Waals surface area contributed by atoms with Crippen LogP contribution < -0.4 is 4.74 Å². The van der Waals surface area contributed by atoms with E-state index >= 15 is 0 Å². The van der Waals surface area contributed by atoms with E-state index in [2.05, 4.69) is 65.3 Å². The summed E-state index contributed by atoms with van der Waals surface area (Å²) in [4.78, 5) is 0. The molecule has 1 saturated carbocycles. The number of benzene rings is 2. The van der Waals surface area contributed by atoms with Crippen molar-refractivity contribution in [3.05, 3.63) is 52.5 Å². The Morgan fingerprint density at radius 1 is 0.957 bits per heavy atom. The highest BCUT2D eigenvalue weighted by Gasteiger charge is 2.15. The summed E-state index contributed by atoms with van der Waals surface area (Å²) in [6, 6.07) is 15.5. The summed E-state index contributed by atoms with van der Waals surface area (Å²) < 4.78 is 6.76. The van der Waals surface area contributed by atoms with Crippen molar-refractivity contribution in [3.8, 4) is 16.9 Å². The standard InChI is InChI=1S/C21H25BrO/c1-2-14-23-21-13-12-19(15-20(21)22)18-10-8-17(9-11-18)16-6-4-3-5-7-16/h8-13,15-16H,2-7,14H2,1H3. The van der Waals surface area contributed by atoms with E-state index in [1.54, 1.807) is 0 Å². The first kappa shape index (κ1) is 16.6. The first-order valence-corrected chi connectivity index (χ1v) is 9.60. The van der Waals surface area contributed by atoms with Crippen LogP contribution in [0.5, 0.6) is 5.75 Å². The van der Waals surface area contributed by atoms with Gasteiger partial charge in [0.05, 0.1) is 11.1 Å². The maximum Gasteiger partial charge on any atom is 0.133 e. The molecule has 0 N–H and O–H groups in total. The van der Waals surface area contributed by atoms with Gasteiger partial charge in [0.25, 0.3) is 0 Å². The summed E-state index contributed by atoms with van der Waals surface area (Å²) in [5, 5.41) is 0. The Hall–Kier alpha value is -1.28. The molecule has 3 rings (SSSR count). The Labute approximate surface area is 148 Å². The van der Waals surface area contributed by atoms with Crippen molar-refractivity contribution in [2.75, 3.05) is 6.61 Å². The van der Waals surface area contributed by atoms with Crippen LogP contribution in [0.15, 0.2) is 46.9 Å². The molecule has 1 aliphatic rings. The van der Waals surface area contributed by atoms with E-state index in [1.807, 2.05) is 0 Å². The molecule has 1 nitrogen and oxygen atoms in total. The molecule has 2 aromatic carbocycles. The van der Waals surface area contributed by atoms with Crippen LogP contribution in [0.4, 0.5) is 0 Å². The molecule has 23 heavy (non-hydrogen) atoms. The first-order chi connectivity index (χ1) is 11.3. The molecule has 1 fully saturated rings. The molecule has 2 aromatic rings. The summed E-state index contributed by atoms with van der Waals surface area (Å²) in [7, 11) is 0. The van der Waals surface area contributed by atoms with E-state index in [-0.39, 0.29) is 0 Å². The van der Waals surface area contributed by atoms with Crippen LogP contribution in [0.25, 0.3) is 11.1 Å². The molecule has 0 aromatic heterocycles. The zero-order chi connectivity index (χ0) is 16.1.